The second-order valence-electron chi connectivity index (χ2n) is 2.74. The molecule has 1 fully saturated rings. The summed E-state index contributed by atoms with van der Waals surface area (Å²) in [5.74, 6) is -0.839. The number of carboxylic acid groups (broad SMARTS) is 1. The van der Waals surface area contributed by atoms with E-state index >= 15 is 0 Å². The number of nitrogens with zero attached hydrogens (tertiary/aromatic N) is 3. The zero-order valence-electron chi connectivity index (χ0n) is 6.47. The number of carbonyl (C=O) groups is 1. The Kier molecular flexibility index (Phi) is 2.90. The van der Waals surface area contributed by atoms with Crippen molar-refractivity contribution in [3.63, 3.8) is 0 Å². The molecular weight excluding hydrogens is 160 g/mol. The molecule has 12 heavy (non-hydrogen) atoms. The van der Waals surface area contributed by atoms with Crippen LogP contribution < -0.4 is 5.32 Å². The number of nitrogens with one attached hydrogen (secondary N) is 1. The van der Waals surface area contributed by atoms with E-state index in [1.165, 1.54) is 0 Å². The zero-order valence-corrected chi connectivity index (χ0v) is 6.47. The molecule has 0 radical (unpaired) electrons. The van der Waals surface area contributed by atoms with Crippen LogP contribution in [0.1, 0.15) is 12.8 Å². The average molecular weight is 170 g/mol. The normalized spacial score (nSPS) is 29.0. The van der Waals surface area contributed by atoms with E-state index in [1.54, 1.807) is 0 Å². The summed E-state index contributed by atoms with van der Waals surface area (Å²) >= 11 is 0. The zero-order chi connectivity index (χ0) is 8.97. The van der Waals surface area contributed by atoms with Gasteiger partial charge in [0.25, 0.3) is 0 Å². The summed E-state index contributed by atoms with van der Waals surface area (Å²) in [6.07, 6.45) is 1.17. The molecule has 0 spiro atoms. The number of hydrogen-bond acceptors (Lipinski definition) is 3. The summed E-state index contributed by atoms with van der Waals surface area (Å²) in [5, 5.41) is 14.9. The topological polar surface area (TPSA) is 98.1 Å². The van der Waals surface area contributed by atoms with Crippen LogP contribution in [0.15, 0.2) is 5.11 Å². The van der Waals surface area contributed by atoms with Crippen LogP contribution in [0.5, 0.6) is 0 Å². The summed E-state index contributed by atoms with van der Waals surface area (Å²) < 4.78 is 0. The van der Waals surface area contributed by atoms with E-state index in [2.05, 4.69) is 15.3 Å². The van der Waals surface area contributed by atoms with Crippen molar-refractivity contribution < 1.29 is 9.90 Å². The molecule has 0 aromatic carbocycles. The SMILES string of the molecule is [N-]=[N+]=N[C@@H]1CC[C@@H](C(=O)O)NC1. The van der Waals surface area contributed by atoms with Gasteiger partial charge in [-0.3, -0.25) is 4.79 Å². The first kappa shape index (κ1) is 8.83. The van der Waals surface area contributed by atoms with Crippen molar-refractivity contribution in [1.82, 2.24) is 5.32 Å². The summed E-state index contributed by atoms with van der Waals surface area (Å²) in [6, 6.07) is -0.569. The van der Waals surface area contributed by atoms with Crippen LogP contribution in [0.4, 0.5) is 0 Å². The first-order valence-electron chi connectivity index (χ1n) is 3.74. The van der Waals surface area contributed by atoms with Crippen molar-refractivity contribution in [2.75, 3.05) is 6.54 Å². The van der Waals surface area contributed by atoms with E-state index in [0.29, 0.717) is 19.4 Å². The third-order valence-corrected chi connectivity index (χ3v) is 1.90. The number of carboxylic acids is 1. The van der Waals surface area contributed by atoms with Crippen LogP contribution >= 0.6 is 0 Å². The Bertz CT molecular complexity index is 206. The van der Waals surface area contributed by atoms with Gasteiger partial charge >= 0.3 is 5.97 Å². The van der Waals surface area contributed by atoms with Gasteiger partial charge in [0.15, 0.2) is 0 Å². The standard InChI is InChI=1S/C6H10N4O2/c7-10-9-4-1-2-5(6(11)12)8-3-4/h4-5,8H,1-3H2,(H,11,12)/t4-,5+/m1/s1. The Labute approximate surface area is 69.2 Å². The summed E-state index contributed by atoms with van der Waals surface area (Å²) in [4.78, 5) is 13.1. The molecule has 2 N–H and O–H groups in total. The number of rotatable bonds is 2. The van der Waals surface area contributed by atoms with E-state index in [4.69, 9.17) is 10.6 Å². The maximum Gasteiger partial charge on any atom is 0.320 e. The predicted octanol–water partition coefficient (Wildman–Crippen LogP) is 0.502. The van der Waals surface area contributed by atoms with Gasteiger partial charge < -0.3 is 10.4 Å². The van der Waals surface area contributed by atoms with Crippen molar-refractivity contribution in [3.8, 4) is 0 Å². The molecule has 66 valence electrons. The molecule has 1 saturated heterocycles. The van der Waals surface area contributed by atoms with Gasteiger partial charge in [-0.05, 0) is 18.4 Å². The Morgan fingerprint density at radius 3 is 2.83 bits per heavy atom. The Morgan fingerprint density at radius 1 is 1.67 bits per heavy atom. The van der Waals surface area contributed by atoms with Gasteiger partial charge in [-0.15, -0.1) is 0 Å². The highest BCUT2D eigenvalue weighted by molar-refractivity contribution is 5.73. The maximum absolute atomic E-state index is 10.5. The number of piperidine rings is 1. The highest BCUT2D eigenvalue weighted by Crippen LogP contribution is 2.11. The van der Waals surface area contributed by atoms with Crippen molar-refractivity contribution >= 4 is 5.97 Å². The summed E-state index contributed by atoms with van der Waals surface area (Å²) in [7, 11) is 0. The molecule has 0 bridgehead atoms. The largest absolute Gasteiger partial charge is 0.480 e. The van der Waals surface area contributed by atoms with Crippen LogP contribution in [0, 0.1) is 0 Å². The highest BCUT2D eigenvalue weighted by atomic mass is 16.4. The van der Waals surface area contributed by atoms with E-state index < -0.39 is 12.0 Å². The Balaban J connectivity index is 2.39. The lowest BCUT2D eigenvalue weighted by atomic mass is 10.0. The van der Waals surface area contributed by atoms with E-state index in [0.717, 1.165) is 0 Å². The fourth-order valence-electron chi connectivity index (χ4n) is 1.22. The molecule has 1 rings (SSSR count). The lowest BCUT2D eigenvalue weighted by molar-refractivity contribution is -0.140. The molecule has 1 aliphatic rings. The first-order chi connectivity index (χ1) is 5.74. The van der Waals surface area contributed by atoms with Crippen LogP contribution in [0.3, 0.4) is 0 Å². The molecule has 0 unspecified atom stereocenters. The molecule has 0 amide bonds. The lowest BCUT2D eigenvalue weighted by Crippen LogP contribution is -2.45. The van der Waals surface area contributed by atoms with E-state index in [9.17, 15) is 4.79 Å². The second-order valence-corrected chi connectivity index (χ2v) is 2.74. The Morgan fingerprint density at radius 2 is 2.42 bits per heavy atom. The molecule has 6 nitrogen and oxygen atoms in total. The minimum atomic E-state index is -0.839. The third-order valence-electron chi connectivity index (χ3n) is 1.90. The van der Waals surface area contributed by atoms with Gasteiger partial charge in [0.2, 0.25) is 0 Å². The second kappa shape index (κ2) is 3.94. The monoisotopic (exact) mass is 170 g/mol. The van der Waals surface area contributed by atoms with Crippen LogP contribution in [-0.2, 0) is 4.79 Å². The van der Waals surface area contributed by atoms with E-state index in [-0.39, 0.29) is 6.04 Å². The minimum Gasteiger partial charge on any atom is -0.480 e. The van der Waals surface area contributed by atoms with Crippen molar-refractivity contribution in [1.29, 1.82) is 0 Å². The summed E-state index contributed by atoms with van der Waals surface area (Å²) in [5.41, 5.74) is 8.11. The molecular formula is C6H10N4O2. The van der Waals surface area contributed by atoms with Crippen molar-refractivity contribution in [2.45, 2.75) is 24.9 Å². The van der Waals surface area contributed by atoms with Gasteiger partial charge in [-0.1, -0.05) is 5.11 Å². The Hall–Kier alpha value is -1.26. The molecule has 0 aromatic heterocycles. The molecule has 1 aliphatic heterocycles. The van der Waals surface area contributed by atoms with Gasteiger partial charge in [0.1, 0.15) is 6.04 Å². The fraction of sp³-hybridized carbons (Fsp3) is 0.833. The van der Waals surface area contributed by atoms with Crippen molar-refractivity contribution in [3.05, 3.63) is 10.4 Å². The first-order valence-corrected chi connectivity index (χ1v) is 3.74. The van der Waals surface area contributed by atoms with Gasteiger partial charge in [0.05, 0.1) is 0 Å². The quantitative estimate of drug-likeness (QED) is 0.358. The number of aliphatic carboxylic acids is 1. The molecule has 1 heterocycles. The van der Waals surface area contributed by atoms with Gasteiger partial charge in [0, 0.05) is 17.5 Å². The third kappa shape index (κ3) is 2.11. The average Bonchev–Trinajstić information content (AvgIpc) is 2.06. The van der Waals surface area contributed by atoms with Crippen molar-refractivity contribution in [2.24, 2.45) is 5.11 Å². The van der Waals surface area contributed by atoms with Gasteiger partial charge in [-0.25, -0.2) is 0 Å². The highest BCUT2D eigenvalue weighted by Gasteiger charge is 2.24. The molecule has 0 saturated carbocycles. The van der Waals surface area contributed by atoms with Crippen LogP contribution in [-0.4, -0.2) is 29.7 Å². The summed E-state index contributed by atoms with van der Waals surface area (Å²) in [6.45, 7) is 0.459. The molecule has 2 atom stereocenters. The molecule has 0 aliphatic carbocycles. The lowest BCUT2D eigenvalue weighted by Gasteiger charge is -2.23. The predicted molar refractivity (Wildman–Crippen MR) is 41.6 cm³/mol. The smallest absolute Gasteiger partial charge is 0.320 e. The minimum absolute atomic E-state index is 0.0920. The van der Waals surface area contributed by atoms with E-state index in [1.807, 2.05) is 0 Å². The molecule has 0 aromatic rings. The number of hydrogen-bond donors (Lipinski definition) is 2. The maximum atomic E-state index is 10.5. The molecule has 6 heteroatoms. The van der Waals surface area contributed by atoms with Gasteiger partial charge in [-0.2, -0.15) is 0 Å². The fourth-order valence-corrected chi connectivity index (χ4v) is 1.22. The number of azide groups is 1. The van der Waals surface area contributed by atoms with Crippen LogP contribution in [0.25, 0.3) is 10.4 Å². The van der Waals surface area contributed by atoms with Crippen LogP contribution in [0.2, 0.25) is 0 Å².